The Morgan fingerprint density at radius 1 is 1.40 bits per heavy atom. The van der Waals surface area contributed by atoms with Crippen molar-refractivity contribution in [1.82, 2.24) is 5.32 Å². The van der Waals surface area contributed by atoms with Gasteiger partial charge in [0, 0.05) is 12.5 Å². The predicted molar refractivity (Wildman–Crippen MR) is 68.4 cm³/mol. The van der Waals surface area contributed by atoms with Gasteiger partial charge in [-0.25, -0.2) is 0 Å². The average Bonchev–Trinajstić information content (AvgIpc) is 3.04. The number of carbonyl (C=O) groups excluding carboxylic acids is 2. The van der Waals surface area contributed by atoms with E-state index in [4.69, 9.17) is 14.2 Å². The Kier molecular flexibility index (Phi) is 3.22. The number of fused-ring (bicyclic) bond motifs is 1. The molecule has 106 valence electrons. The van der Waals surface area contributed by atoms with E-state index in [1.54, 1.807) is 13.0 Å². The minimum Gasteiger partial charge on any atom is -0.465 e. The highest BCUT2D eigenvalue weighted by atomic mass is 16.7. The maximum atomic E-state index is 11.9. The summed E-state index contributed by atoms with van der Waals surface area (Å²) >= 11 is 0. The molecule has 6 heteroatoms. The van der Waals surface area contributed by atoms with Crippen molar-refractivity contribution in [1.29, 1.82) is 0 Å². The van der Waals surface area contributed by atoms with Gasteiger partial charge in [0.1, 0.15) is 5.92 Å². The van der Waals surface area contributed by atoms with E-state index in [1.165, 1.54) is 0 Å². The number of benzene rings is 1. The molecule has 1 fully saturated rings. The molecule has 2 aliphatic heterocycles. The van der Waals surface area contributed by atoms with E-state index in [1.807, 2.05) is 12.1 Å². The van der Waals surface area contributed by atoms with Crippen LogP contribution in [0.2, 0.25) is 0 Å². The highest BCUT2D eigenvalue weighted by Gasteiger charge is 2.42. The normalized spacial score (nSPS) is 23.6. The Labute approximate surface area is 116 Å². The van der Waals surface area contributed by atoms with Gasteiger partial charge in [0.25, 0.3) is 0 Å². The van der Waals surface area contributed by atoms with Gasteiger partial charge in [-0.3, -0.25) is 9.59 Å². The lowest BCUT2D eigenvalue weighted by atomic mass is 9.88. The fourth-order valence-electron chi connectivity index (χ4n) is 2.58. The third-order valence-corrected chi connectivity index (χ3v) is 3.55. The van der Waals surface area contributed by atoms with E-state index in [2.05, 4.69) is 5.32 Å². The van der Waals surface area contributed by atoms with E-state index < -0.39 is 11.9 Å². The van der Waals surface area contributed by atoms with Crippen LogP contribution in [0.1, 0.15) is 18.4 Å². The standard InChI is InChI=1S/C14H15NO5/c1-2-18-14(17)12-9(6-15-13(12)16)8-3-4-10-11(5-8)20-7-19-10/h3-5,9,12H,2,6-7H2,1H3,(H,15,16). The van der Waals surface area contributed by atoms with Gasteiger partial charge in [-0.05, 0) is 24.6 Å². The topological polar surface area (TPSA) is 73.9 Å². The van der Waals surface area contributed by atoms with Crippen molar-refractivity contribution in [3.05, 3.63) is 23.8 Å². The van der Waals surface area contributed by atoms with Crippen molar-refractivity contribution in [2.45, 2.75) is 12.8 Å². The fourth-order valence-corrected chi connectivity index (χ4v) is 2.58. The molecule has 1 aromatic carbocycles. The van der Waals surface area contributed by atoms with Crippen molar-refractivity contribution in [3.63, 3.8) is 0 Å². The fraction of sp³-hybridized carbons (Fsp3) is 0.429. The zero-order chi connectivity index (χ0) is 14.1. The van der Waals surface area contributed by atoms with E-state index in [0.29, 0.717) is 18.0 Å². The molecule has 0 bridgehead atoms. The summed E-state index contributed by atoms with van der Waals surface area (Å²) in [6, 6.07) is 5.47. The molecule has 2 heterocycles. The first-order valence-electron chi connectivity index (χ1n) is 6.54. The van der Waals surface area contributed by atoms with Crippen LogP contribution in [-0.2, 0) is 14.3 Å². The molecule has 20 heavy (non-hydrogen) atoms. The number of rotatable bonds is 3. The molecule has 1 N–H and O–H groups in total. The van der Waals surface area contributed by atoms with Crippen LogP contribution in [-0.4, -0.2) is 31.8 Å². The summed E-state index contributed by atoms with van der Waals surface area (Å²) in [6.45, 7) is 2.60. The lowest BCUT2D eigenvalue weighted by Crippen LogP contribution is -2.28. The monoisotopic (exact) mass is 277 g/mol. The highest BCUT2D eigenvalue weighted by Crippen LogP contribution is 2.38. The molecule has 1 amide bonds. The molecule has 1 aromatic rings. The summed E-state index contributed by atoms with van der Waals surface area (Å²) in [7, 11) is 0. The Balaban J connectivity index is 1.88. The summed E-state index contributed by atoms with van der Waals surface area (Å²) in [5.41, 5.74) is 0.866. The summed E-state index contributed by atoms with van der Waals surface area (Å²) < 4.78 is 15.6. The van der Waals surface area contributed by atoms with Gasteiger partial charge in [0.15, 0.2) is 11.5 Å². The number of hydrogen-bond donors (Lipinski definition) is 1. The smallest absolute Gasteiger partial charge is 0.319 e. The molecule has 1 saturated heterocycles. The number of hydrogen-bond acceptors (Lipinski definition) is 5. The molecule has 2 aliphatic rings. The third kappa shape index (κ3) is 2.07. The van der Waals surface area contributed by atoms with Crippen molar-refractivity contribution >= 4 is 11.9 Å². The van der Waals surface area contributed by atoms with E-state index in [-0.39, 0.29) is 25.2 Å². The number of esters is 1. The molecular weight excluding hydrogens is 262 g/mol. The lowest BCUT2D eigenvalue weighted by Gasteiger charge is -2.16. The predicted octanol–water partition coefficient (Wildman–Crippen LogP) is 0.808. The lowest BCUT2D eigenvalue weighted by molar-refractivity contribution is -0.151. The second-order valence-electron chi connectivity index (χ2n) is 4.69. The van der Waals surface area contributed by atoms with Crippen LogP contribution >= 0.6 is 0 Å². The minimum atomic E-state index is -0.796. The van der Waals surface area contributed by atoms with Crippen LogP contribution in [0.15, 0.2) is 18.2 Å². The minimum absolute atomic E-state index is 0.196. The maximum absolute atomic E-state index is 11.9. The molecule has 2 unspecified atom stereocenters. The van der Waals surface area contributed by atoms with Gasteiger partial charge < -0.3 is 19.5 Å². The highest BCUT2D eigenvalue weighted by molar-refractivity contribution is 6.00. The van der Waals surface area contributed by atoms with Crippen molar-refractivity contribution in [3.8, 4) is 11.5 Å². The van der Waals surface area contributed by atoms with Crippen LogP contribution < -0.4 is 14.8 Å². The van der Waals surface area contributed by atoms with Crippen molar-refractivity contribution < 1.29 is 23.8 Å². The Bertz CT molecular complexity index is 556. The summed E-state index contributed by atoms with van der Waals surface area (Å²) in [6.07, 6.45) is 0. The largest absolute Gasteiger partial charge is 0.465 e. The van der Waals surface area contributed by atoms with Gasteiger partial charge in [0.2, 0.25) is 12.7 Å². The van der Waals surface area contributed by atoms with Gasteiger partial charge in [0.05, 0.1) is 6.61 Å². The molecule has 2 atom stereocenters. The first-order valence-corrected chi connectivity index (χ1v) is 6.54. The third-order valence-electron chi connectivity index (χ3n) is 3.55. The molecule has 3 rings (SSSR count). The zero-order valence-electron chi connectivity index (χ0n) is 11.0. The molecule has 0 aliphatic carbocycles. The van der Waals surface area contributed by atoms with Crippen LogP contribution in [0.3, 0.4) is 0 Å². The van der Waals surface area contributed by atoms with Gasteiger partial charge in [-0.2, -0.15) is 0 Å². The van der Waals surface area contributed by atoms with Crippen LogP contribution in [0.25, 0.3) is 0 Å². The van der Waals surface area contributed by atoms with Gasteiger partial charge >= 0.3 is 5.97 Å². The Morgan fingerprint density at radius 2 is 2.20 bits per heavy atom. The zero-order valence-corrected chi connectivity index (χ0v) is 11.0. The molecule has 0 spiro atoms. The van der Waals surface area contributed by atoms with Gasteiger partial charge in [-0.15, -0.1) is 0 Å². The molecule has 6 nitrogen and oxygen atoms in total. The summed E-state index contributed by atoms with van der Waals surface area (Å²) in [5, 5.41) is 2.71. The Hall–Kier alpha value is -2.24. The van der Waals surface area contributed by atoms with E-state index in [9.17, 15) is 9.59 Å². The number of ether oxygens (including phenoxy) is 3. The second kappa shape index (κ2) is 5.03. The van der Waals surface area contributed by atoms with E-state index in [0.717, 1.165) is 5.56 Å². The molecule has 0 aromatic heterocycles. The number of nitrogens with one attached hydrogen (secondary N) is 1. The van der Waals surface area contributed by atoms with Crippen LogP contribution in [0, 0.1) is 5.92 Å². The van der Waals surface area contributed by atoms with Crippen LogP contribution in [0.5, 0.6) is 11.5 Å². The average molecular weight is 277 g/mol. The quantitative estimate of drug-likeness (QED) is 0.653. The van der Waals surface area contributed by atoms with Crippen molar-refractivity contribution in [2.75, 3.05) is 19.9 Å². The SMILES string of the molecule is CCOC(=O)C1C(=O)NCC1c1ccc2c(c1)OCO2. The van der Waals surface area contributed by atoms with E-state index >= 15 is 0 Å². The van der Waals surface area contributed by atoms with Gasteiger partial charge in [-0.1, -0.05) is 6.07 Å². The first-order chi connectivity index (χ1) is 9.70. The summed E-state index contributed by atoms with van der Waals surface area (Å²) in [5.74, 6) is -0.481. The molecule has 0 radical (unpaired) electrons. The molecular formula is C14H15NO5. The Morgan fingerprint density at radius 3 is 3.00 bits per heavy atom. The number of amides is 1. The molecule has 0 saturated carbocycles. The maximum Gasteiger partial charge on any atom is 0.319 e. The number of carbonyl (C=O) groups is 2. The first kappa shape index (κ1) is 12.8. The van der Waals surface area contributed by atoms with Crippen molar-refractivity contribution in [2.24, 2.45) is 5.92 Å². The van der Waals surface area contributed by atoms with Crippen LogP contribution in [0.4, 0.5) is 0 Å². The second-order valence-corrected chi connectivity index (χ2v) is 4.69. The summed E-state index contributed by atoms with van der Waals surface area (Å²) in [4.78, 5) is 23.8.